The molecular formula is C11H21NO2. The van der Waals surface area contributed by atoms with Gasteiger partial charge in [-0.2, -0.15) is 0 Å². The molecule has 0 bridgehead atoms. The van der Waals surface area contributed by atoms with Crippen LogP contribution in [0.3, 0.4) is 0 Å². The third kappa shape index (κ3) is 2.27. The molecule has 2 fully saturated rings. The fourth-order valence-electron chi connectivity index (χ4n) is 2.76. The molecule has 1 saturated heterocycles. The molecule has 3 nitrogen and oxygen atoms in total. The first-order valence-corrected chi connectivity index (χ1v) is 5.87. The number of rotatable bonds is 1. The molecule has 82 valence electrons. The minimum absolute atomic E-state index is 0.162. The van der Waals surface area contributed by atoms with E-state index in [2.05, 4.69) is 4.90 Å². The average Bonchev–Trinajstić information content (AvgIpc) is 2.46. The molecule has 3 heteroatoms. The zero-order valence-corrected chi connectivity index (χ0v) is 8.73. The highest BCUT2D eigenvalue weighted by atomic mass is 16.3. The molecule has 0 aromatic rings. The van der Waals surface area contributed by atoms with Crippen molar-refractivity contribution in [2.24, 2.45) is 0 Å². The molecule has 2 rings (SSSR count). The predicted octanol–water partition coefficient (Wildman–Crippen LogP) is 0.747. The lowest BCUT2D eigenvalue weighted by Gasteiger charge is -2.30. The van der Waals surface area contributed by atoms with Gasteiger partial charge in [0.25, 0.3) is 0 Å². The van der Waals surface area contributed by atoms with Crippen molar-refractivity contribution in [3.05, 3.63) is 0 Å². The standard InChI is InChI=1S/C11H21NO2/c13-9-6-7-12(8-9)10-4-2-1-3-5-11(10)14/h9-11,13-14H,1-8H2. The Kier molecular flexibility index (Phi) is 3.42. The van der Waals surface area contributed by atoms with Gasteiger partial charge in [0.15, 0.2) is 0 Å². The number of nitrogens with zero attached hydrogens (tertiary/aromatic N) is 1. The van der Waals surface area contributed by atoms with E-state index in [-0.39, 0.29) is 12.2 Å². The Labute approximate surface area is 85.7 Å². The Morgan fingerprint density at radius 2 is 1.71 bits per heavy atom. The van der Waals surface area contributed by atoms with Crippen LogP contribution in [-0.2, 0) is 0 Å². The maximum atomic E-state index is 9.97. The van der Waals surface area contributed by atoms with Crippen LogP contribution in [0.25, 0.3) is 0 Å². The van der Waals surface area contributed by atoms with Gasteiger partial charge in [0.05, 0.1) is 12.2 Å². The molecule has 0 radical (unpaired) electrons. The smallest absolute Gasteiger partial charge is 0.0695 e. The minimum Gasteiger partial charge on any atom is -0.392 e. The lowest BCUT2D eigenvalue weighted by molar-refractivity contribution is 0.0493. The number of hydrogen-bond acceptors (Lipinski definition) is 3. The monoisotopic (exact) mass is 199 g/mol. The molecule has 0 aromatic heterocycles. The van der Waals surface area contributed by atoms with Crippen LogP contribution in [0.4, 0.5) is 0 Å². The molecule has 14 heavy (non-hydrogen) atoms. The number of β-amino-alcohol motifs (C(OH)–C–C–N with tert-alkyl or cyclic N) is 1. The first-order valence-electron chi connectivity index (χ1n) is 5.87. The van der Waals surface area contributed by atoms with Crippen LogP contribution in [0.15, 0.2) is 0 Å². The summed E-state index contributed by atoms with van der Waals surface area (Å²) < 4.78 is 0. The van der Waals surface area contributed by atoms with Gasteiger partial charge >= 0.3 is 0 Å². The molecule has 1 heterocycles. The van der Waals surface area contributed by atoms with E-state index in [0.717, 1.165) is 38.8 Å². The van der Waals surface area contributed by atoms with Crippen molar-refractivity contribution < 1.29 is 10.2 Å². The zero-order valence-electron chi connectivity index (χ0n) is 8.73. The van der Waals surface area contributed by atoms with Gasteiger partial charge in [-0.05, 0) is 19.3 Å². The maximum Gasteiger partial charge on any atom is 0.0695 e. The van der Waals surface area contributed by atoms with Crippen LogP contribution in [0.5, 0.6) is 0 Å². The predicted molar refractivity (Wildman–Crippen MR) is 55.1 cm³/mol. The molecular weight excluding hydrogens is 178 g/mol. The Hall–Kier alpha value is -0.120. The average molecular weight is 199 g/mol. The summed E-state index contributed by atoms with van der Waals surface area (Å²) in [6, 6.07) is 0.314. The van der Waals surface area contributed by atoms with E-state index in [4.69, 9.17) is 0 Å². The molecule has 0 spiro atoms. The highest BCUT2D eigenvalue weighted by Gasteiger charge is 2.31. The summed E-state index contributed by atoms with van der Waals surface area (Å²) in [5.41, 5.74) is 0. The zero-order chi connectivity index (χ0) is 9.97. The second-order valence-electron chi connectivity index (χ2n) is 4.71. The van der Waals surface area contributed by atoms with Crippen LogP contribution < -0.4 is 0 Å². The van der Waals surface area contributed by atoms with Gasteiger partial charge < -0.3 is 10.2 Å². The van der Waals surface area contributed by atoms with Crippen molar-refractivity contribution in [2.45, 2.75) is 56.8 Å². The van der Waals surface area contributed by atoms with Gasteiger partial charge in [0.1, 0.15) is 0 Å². The van der Waals surface area contributed by atoms with Crippen molar-refractivity contribution in [1.29, 1.82) is 0 Å². The summed E-state index contributed by atoms with van der Waals surface area (Å²) in [6.07, 6.45) is 6.24. The molecule has 1 aliphatic carbocycles. The van der Waals surface area contributed by atoms with E-state index in [9.17, 15) is 10.2 Å². The van der Waals surface area contributed by atoms with Crippen LogP contribution in [0.2, 0.25) is 0 Å². The minimum atomic E-state index is -0.164. The van der Waals surface area contributed by atoms with E-state index in [1.165, 1.54) is 12.8 Å². The molecule has 3 unspecified atom stereocenters. The summed E-state index contributed by atoms with van der Waals surface area (Å²) in [4.78, 5) is 2.28. The summed E-state index contributed by atoms with van der Waals surface area (Å²) in [7, 11) is 0. The van der Waals surface area contributed by atoms with E-state index < -0.39 is 0 Å². The number of aliphatic hydroxyl groups excluding tert-OH is 2. The lowest BCUT2D eigenvalue weighted by atomic mass is 10.0. The van der Waals surface area contributed by atoms with Gasteiger partial charge in [-0.25, -0.2) is 0 Å². The van der Waals surface area contributed by atoms with Gasteiger partial charge in [-0.15, -0.1) is 0 Å². The number of likely N-dealkylation sites (tertiary alicyclic amines) is 1. The molecule has 1 saturated carbocycles. The fourth-order valence-corrected chi connectivity index (χ4v) is 2.76. The third-order valence-electron chi connectivity index (χ3n) is 3.61. The normalized spacial score (nSPS) is 41.1. The number of hydrogen-bond donors (Lipinski definition) is 2. The van der Waals surface area contributed by atoms with Crippen molar-refractivity contribution in [2.75, 3.05) is 13.1 Å². The largest absolute Gasteiger partial charge is 0.392 e. The summed E-state index contributed by atoms with van der Waals surface area (Å²) in [5.74, 6) is 0. The van der Waals surface area contributed by atoms with Crippen LogP contribution in [0.1, 0.15) is 38.5 Å². The molecule has 2 N–H and O–H groups in total. The van der Waals surface area contributed by atoms with Gasteiger partial charge in [0, 0.05) is 19.1 Å². The summed E-state index contributed by atoms with van der Waals surface area (Å²) >= 11 is 0. The van der Waals surface area contributed by atoms with Gasteiger partial charge in [-0.1, -0.05) is 19.3 Å². The van der Waals surface area contributed by atoms with Crippen molar-refractivity contribution >= 4 is 0 Å². The highest BCUT2D eigenvalue weighted by molar-refractivity contribution is 4.86. The first-order chi connectivity index (χ1) is 6.77. The Morgan fingerprint density at radius 3 is 2.43 bits per heavy atom. The lowest BCUT2D eigenvalue weighted by Crippen LogP contribution is -2.42. The second kappa shape index (κ2) is 4.60. The maximum absolute atomic E-state index is 9.97. The number of aliphatic hydroxyl groups is 2. The van der Waals surface area contributed by atoms with Crippen LogP contribution in [0, 0.1) is 0 Å². The Balaban J connectivity index is 1.93. The Bertz CT molecular complexity index is 186. The molecule has 3 atom stereocenters. The van der Waals surface area contributed by atoms with Gasteiger partial charge in [-0.3, -0.25) is 4.90 Å². The third-order valence-corrected chi connectivity index (χ3v) is 3.61. The summed E-state index contributed by atoms with van der Waals surface area (Å²) in [5, 5.41) is 19.4. The quantitative estimate of drug-likeness (QED) is 0.612. The second-order valence-corrected chi connectivity index (χ2v) is 4.71. The molecule has 2 aliphatic rings. The van der Waals surface area contributed by atoms with Crippen molar-refractivity contribution in [1.82, 2.24) is 4.90 Å². The van der Waals surface area contributed by atoms with E-state index in [1.807, 2.05) is 0 Å². The highest BCUT2D eigenvalue weighted by Crippen LogP contribution is 2.25. The Morgan fingerprint density at radius 1 is 0.929 bits per heavy atom. The van der Waals surface area contributed by atoms with E-state index >= 15 is 0 Å². The molecule has 1 aliphatic heterocycles. The van der Waals surface area contributed by atoms with Gasteiger partial charge in [0.2, 0.25) is 0 Å². The van der Waals surface area contributed by atoms with Crippen LogP contribution >= 0.6 is 0 Å². The van der Waals surface area contributed by atoms with E-state index in [1.54, 1.807) is 0 Å². The van der Waals surface area contributed by atoms with Crippen LogP contribution in [-0.4, -0.2) is 46.5 Å². The SMILES string of the molecule is OC1CCN(C2CCCCCC2O)C1. The fraction of sp³-hybridized carbons (Fsp3) is 1.00. The first kappa shape index (κ1) is 10.4. The van der Waals surface area contributed by atoms with Crippen molar-refractivity contribution in [3.63, 3.8) is 0 Å². The van der Waals surface area contributed by atoms with E-state index in [0.29, 0.717) is 6.04 Å². The molecule has 0 amide bonds. The van der Waals surface area contributed by atoms with Crippen molar-refractivity contribution in [3.8, 4) is 0 Å². The summed E-state index contributed by atoms with van der Waals surface area (Å²) in [6.45, 7) is 1.73. The topological polar surface area (TPSA) is 43.7 Å². The molecule has 0 aromatic carbocycles.